The Labute approximate surface area is 133 Å². The van der Waals surface area contributed by atoms with Gasteiger partial charge in [0.25, 0.3) is 0 Å². The largest absolute Gasteiger partial charge is 0.398 e. The van der Waals surface area contributed by atoms with Crippen molar-refractivity contribution in [3.05, 3.63) is 22.4 Å². The number of benzene rings is 1. The standard InChI is InChI=1S/C13H20BrFN2O3S/c1-9(2)8-17(4-5-20-3)21(18,19)13-7-12(16)10(14)6-11(13)15/h6-7,9H,4-5,8,16H2,1-3H3. The Bertz CT molecular complexity index is 593. The number of nitrogen functional groups attached to an aromatic ring is 1. The SMILES string of the molecule is COCCN(CC(C)C)S(=O)(=O)c1cc(N)c(Br)cc1F. The Morgan fingerprint density at radius 1 is 1.43 bits per heavy atom. The number of nitrogens with zero attached hydrogens (tertiary/aromatic N) is 1. The molecule has 0 bridgehead atoms. The third kappa shape index (κ3) is 4.64. The van der Waals surface area contributed by atoms with E-state index in [1.54, 1.807) is 0 Å². The van der Waals surface area contributed by atoms with E-state index in [0.717, 1.165) is 12.1 Å². The van der Waals surface area contributed by atoms with Crippen LogP contribution in [0.15, 0.2) is 21.5 Å². The third-order valence-electron chi connectivity index (χ3n) is 2.78. The zero-order chi connectivity index (χ0) is 16.2. The van der Waals surface area contributed by atoms with Crippen molar-refractivity contribution in [3.8, 4) is 0 Å². The molecule has 0 radical (unpaired) electrons. The van der Waals surface area contributed by atoms with Crippen molar-refractivity contribution in [2.75, 3.05) is 32.5 Å². The van der Waals surface area contributed by atoms with Crippen LogP contribution in [0.5, 0.6) is 0 Å². The summed E-state index contributed by atoms with van der Waals surface area (Å²) in [5.41, 5.74) is 5.84. The molecule has 5 nitrogen and oxygen atoms in total. The van der Waals surface area contributed by atoms with Crippen LogP contribution in [0.1, 0.15) is 13.8 Å². The highest BCUT2D eigenvalue weighted by atomic mass is 79.9. The Morgan fingerprint density at radius 3 is 2.57 bits per heavy atom. The van der Waals surface area contributed by atoms with Crippen molar-refractivity contribution in [1.29, 1.82) is 0 Å². The predicted molar refractivity (Wildman–Crippen MR) is 84.0 cm³/mol. The van der Waals surface area contributed by atoms with Crippen LogP contribution in [0.2, 0.25) is 0 Å². The molecule has 2 N–H and O–H groups in total. The second-order valence-electron chi connectivity index (χ2n) is 5.05. The molecule has 0 fully saturated rings. The van der Waals surface area contributed by atoms with Crippen LogP contribution in [0.25, 0.3) is 0 Å². The maximum atomic E-state index is 14.0. The molecule has 0 saturated carbocycles. The van der Waals surface area contributed by atoms with E-state index in [4.69, 9.17) is 10.5 Å². The van der Waals surface area contributed by atoms with Gasteiger partial charge in [-0.05, 0) is 34.0 Å². The topological polar surface area (TPSA) is 72.6 Å². The summed E-state index contributed by atoms with van der Waals surface area (Å²) >= 11 is 3.07. The Hall–Kier alpha value is -0.700. The van der Waals surface area contributed by atoms with Gasteiger partial charge in [0.15, 0.2) is 0 Å². The molecule has 0 amide bonds. The van der Waals surface area contributed by atoms with Crippen molar-refractivity contribution in [2.45, 2.75) is 18.7 Å². The molecular formula is C13H20BrFN2O3S. The zero-order valence-electron chi connectivity index (χ0n) is 12.3. The fourth-order valence-electron chi connectivity index (χ4n) is 1.79. The van der Waals surface area contributed by atoms with Crippen LogP contribution in [0.3, 0.4) is 0 Å². The summed E-state index contributed by atoms with van der Waals surface area (Å²) in [6.45, 7) is 4.45. The van der Waals surface area contributed by atoms with Crippen molar-refractivity contribution < 1.29 is 17.5 Å². The van der Waals surface area contributed by atoms with Gasteiger partial charge in [-0.3, -0.25) is 0 Å². The number of hydrogen-bond donors (Lipinski definition) is 1. The Morgan fingerprint density at radius 2 is 2.05 bits per heavy atom. The van der Waals surface area contributed by atoms with Gasteiger partial charge in [-0.25, -0.2) is 12.8 Å². The number of nitrogens with two attached hydrogens (primary N) is 1. The molecule has 0 heterocycles. The second kappa shape index (κ2) is 7.53. The van der Waals surface area contributed by atoms with Gasteiger partial charge in [-0.2, -0.15) is 4.31 Å². The second-order valence-corrected chi connectivity index (χ2v) is 7.81. The summed E-state index contributed by atoms with van der Waals surface area (Å²) in [7, 11) is -2.48. The molecule has 1 aromatic carbocycles. The molecule has 120 valence electrons. The van der Waals surface area contributed by atoms with Gasteiger partial charge in [-0.15, -0.1) is 0 Å². The molecule has 8 heteroatoms. The van der Waals surface area contributed by atoms with Gasteiger partial charge in [0.2, 0.25) is 10.0 Å². The van der Waals surface area contributed by atoms with E-state index < -0.39 is 20.7 Å². The smallest absolute Gasteiger partial charge is 0.246 e. The number of hydrogen-bond acceptors (Lipinski definition) is 4. The average molecular weight is 383 g/mol. The van der Waals surface area contributed by atoms with Gasteiger partial charge in [0, 0.05) is 30.4 Å². The van der Waals surface area contributed by atoms with Crippen LogP contribution in [0.4, 0.5) is 10.1 Å². The molecule has 0 aliphatic rings. The van der Waals surface area contributed by atoms with Gasteiger partial charge >= 0.3 is 0 Å². The van der Waals surface area contributed by atoms with Gasteiger partial charge < -0.3 is 10.5 Å². The van der Waals surface area contributed by atoms with E-state index >= 15 is 0 Å². The molecule has 0 atom stereocenters. The van der Waals surface area contributed by atoms with E-state index in [1.165, 1.54) is 11.4 Å². The van der Waals surface area contributed by atoms with Crippen molar-refractivity contribution in [1.82, 2.24) is 4.31 Å². The molecule has 1 rings (SSSR count). The number of rotatable bonds is 7. The highest BCUT2D eigenvalue weighted by molar-refractivity contribution is 9.10. The van der Waals surface area contributed by atoms with Crippen molar-refractivity contribution in [3.63, 3.8) is 0 Å². The first-order valence-corrected chi connectivity index (χ1v) is 8.67. The average Bonchev–Trinajstić information content (AvgIpc) is 2.38. The lowest BCUT2D eigenvalue weighted by Gasteiger charge is -2.24. The summed E-state index contributed by atoms with van der Waals surface area (Å²) in [6.07, 6.45) is 0. The molecular weight excluding hydrogens is 363 g/mol. The Kier molecular flexibility index (Phi) is 6.58. The first-order chi connectivity index (χ1) is 9.70. The normalized spacial score (nSPS) is 12.3. The lowest BCUT2D eigenvalue weighted by Crippen LogP contribution is -2.37. The summed E-state index contributed by atoms with van der Waals surface area (Å²) in [4.78, 5) is -0.417. The van der Waals surface area contributed by atoms with Crippen LogP contribution in [0, 0.1) is 11.7 Å². The zero-order valence-corrected chi connectivity index (χ0v) is 14.7. The summed E-state index contributed by atoms with van der Waals surface area (Å²) in [5.74, 6) is -0.727. The number of ether oxygens (including phenoxy) is 1. The van der Waals surface area contributed by atoms with Crippen LogP contribution in [-0.2, 0) is 14.8 Å². The van der Waals surface area contributed by atoms with E-state index in [2.05, 4.69) is 15.9 Å². The van der Waals surface area contributed by atoms with E-state index in [0.29, 0.717) is 4.47 Å². The lowest BCUT2D eigenvalue weighted by molar-refractivity contribution is 0.175. The van der Waals surface area contributed by atoms with Gasteiger partial charge in [-0.1, -0.05) is 13.8 Å². The minimum Gasteiger partial charge on any atom is -0.398 e. The predicted octanol–water partition coefficient (Wildman–Crippen LogP) is 2.46. The molecule has 0 aromatic heterocycles. The molecule has 0 aliphatic carbocycles. The molecule has 0 aliphatic heterocycles. The summed E-state index contributed by atoms with van der Waals surface area (Å²) < 4.78 is 45.7. The first-order valence-electron chi connectivity index (χ1n) is 6.43. The first kappa shape index (κ1) is 18.3. The highest BCUT2D eigenvalue weighted by Gasteiger charge is 2.28. The van der Waals surface area contributed by atoms with E-state index in [-0.39, 0.29) is 31.3 Å². The molecule has 0 spiro atoms. The summed E-state index contributed by atoms with van der Waals surface area (Å²) in [6, 6.07) is 2.20. The fraction of sp³-hybridized carbons (Fsp3) is 0.538. The Balaban J connectivity index is 3.24. The van der Waals surface area contributed by atoms with Crippen molar-refractivity contribution >= 4 is 31.6 Å². The molecule has 1 aromatic rings. The van der Waals surface area contributed by atoms with Crippen molar-refractivity contribution in [2.24, 2.45) is 5.92 Å². The van der Waals surface area contributed by atoms with E-state index in [1.807, 2.05) is 13.8 Å². The maximum Gasteiger partial charge on any atom is 0.246 e. The van der Waals surface area contributed by atoms with E-state index in [9.17, 15) is 12.8 Å². The van der Waals surface area contributed by atoms with Crippen LogP contribution < -0.4 is 5.73 Å². The van der Waals surface area contributed by atoms with Crippen LogP contribution in [-0.4, -0.2) is 39.5 Å². The number of anilines is 1. The minimum absolute atomic E-state index is 0.104. The molecule has 21 heavy (non-hydrogen) atoms. The van der Waals surface area contributed by atoms with Gasteiger partial charge in [0.05, 0.1) is 6.61 Å². The maximum absolute atomic E-state index is 14.0. The van der Waals surface area contributed by atoms with Gasteiger partial charge in [0.1, 0.15) is 10.7 Å². The third-order valence-corrected chi connectivity index (χ3v) is 5.35. The number of sulfonamides is 1. The number of methoxy groups -OCH3 is 1. The molecule has 0 unspecified atom stereocenters. The fourth-order valence-corrected chi connectivity index (χ4v) is 3.78. The monoisotopic (exact) mass is 382 g/mol. The van der Waals surface area contributed by atoms with Crippen LogP contribution >= 0.6 is 15.9 Å². The number of halogens is 2. The summed E-state index contributed by atoms with van der Waals surface area (Å²) in [5, 5.41) is 0. The minimum atomic E-state index is -3.96. The lowest BCUT2D eigenvalue weighted by atomic mass is 10.2. The quantitative estimate of drug-likeness (QED) is 0.735. The molecule has 0 saturated heterocycles. The highest BCUT2D eigenvalue weighted by Crippen LogP contribution is 2.28.